The zero-order chi connectivity index (χ0) is 32.7. The number of allylic oxidation sites excluding steroid dienone is 2. The Morgan fingerprint density at radius 3 is 2.24 bits per heavy atom. The molecule has 1 aromatic rings. The second-order valence-electron chi connectivity index (χ2n) is 13.4. The highest BCUT2D eigenvalue weighted by Crippen LogP contribution is 2.40. The molecular formula is C34H60N4O7. The van der Waals surface area contributed by atoms with Crippen LogP contribution in [-0.4, -0.2) is 118 Å². The van der Waals surface area contributed by atoms with E-state index in [4.69, 9.17) is 33.5 Å². The third-order valence-electron chi connectivity index (χ3n) is 8.20. The largest absolute Gasteiger partial charge is 0.444 e. The van der Waals surface area contributed by atoms with Gasteiger partial charge in [-0.2, -0.15) is 5.10 Å². The fraction of sp³-hybridized carbons (Fsp3) is 0.824. The average Bonchev–Trinajstić information content (AvgIpc) is 3.43. The summed E-state index contributed by atoms with van der Waals surface area (Å²) in [5.74, 6) is 0. The molecule has 1 fully saturated rings. The molecule has 0 saturated carbocycles. The van der Waals surface area contributed by atoms with Gasteiger partial charge in [0.15, 0.2) is 0 Å². The van der Waals surface area contributed by atoms with Gasteiger partial charge in [0.05, 0.1) is 45.3 Å². The summed E-state index contributed by atoms with van der Waals surface area (Å²) >= 11 is 0. The van der Waals surface area contributed by atoms with E-state index in [-0.39, 0.29) is 17.7 Å². The molecule has 258 valence electrons. The zero-order valence-electron chi connectivity index (χ0n) is 29.1. The van der Waals surface area contributed by atoms with Crippen molar-refractivity contribution in [1.29, 1.82) is 0 Å². The predicted octanol–water partition coefficient (Wildman–Crippen LogP) is 5.54. The molecular weight excluding hydrogens is 576 g/mol. The summed E-state index contributed by atoms with van der Waals surface area (Å²) < 4.78 is 36.8. The number of nitrogens with zero attached hydrogens (tertiary/aromatic N) is 4. The van der Waals surface area contributed by atoms with Gasteiger partial charge < -0.3 is 38.2 Å². The first-order valence-corrected chi connectivity index (χ1v) is 16.9. The molecule has 0 bridgehead atoms. The number of ether oxygens (including phenoxy) is 6. The normalized spacial score (nSPS) is 18.7. The lowest BCUT2D eigenvalue weighted by Gasteiger charge is -2.36. The van der Waals surface area contributed by atoms with Crippen molar-refractivity contribution < 1.29 is 33.2 Å². The van der Waals surface area contributed by atoms with E-state index in [0.29, 0.717) is 72.5 Å². The number of likely N-dealkylation sites (N-methyl/N-ethyl adjacent to an activating group) is 2. The summed E-state index contributed by atoms with van der Waals surface area (Å²) in [6.45, 7) is 17.4. The average molecular weight is 637 g/mol. The van der Waals surface area contributed by atoms with Gasteiger partial charge in [-0.3, -0.25) is 0 Å². The summed E-state index contributed by atoms with van der Waals surface area (Å²) in [4.78, 5) is 16.3. The molecule has 0 aromatic carbocycles. The predicted molar refractivity (Wildman–Crippen MR) is 175 cm³/mol. The van der Waals surface area contributed by atoms with Crippen LogP contribution in [0.4, 0.5) is 4.79 Å². The van der Waals surface area contributed by atoms with Crippen molar-refractivity contribution in [1.82, 2.24) is 19.6 Å². The fourth-order valence-corrected chi connectivity index (χ4v) is 5.58. The molecule has 11 heteroatoms. The minimum absolute atomic E-state index is 0.0318. The van der Waals surface area contributed by atoms with E-state index in [1.54, 1.807) is 11.9 Å². The molecule has 2 heterocycles. The third kappa shape index (κ3) is 13.0. The molecule has 3 rings (SSSR count). The first kappa shape index (κ1) is 37.4. The number of carbonyl (C=O) groups excluding carboxylic acids is 1. The van der Waals surface area contributed by atoms with Crippen molar-refractivity contribution in [2.75, 3.05) is 86.6 Å². The summed E-state index contributed by atoms with van der Waals surface area (Å²) in [5.41, 5.74) is 2.86. The topological polar surface area (TPSA) is 96.7 Å². The van der Waals surface area contributed by atoms with E-state index in [0.717, 1.165) is 50.8 Å². The first-order chi connectivity index (χ1) is 21.6. The quantitative estimate of drug-likeness (QED) is 0.181. The Balaban J connectivity index is 1.72. The van der Waals surface area contributed by atoms with Crippen LogP contribution in [0.1, 0.15) is 90.6 Å². The van der Waals surface area contributed by atoms with E-state index in [2.05, 4.69) is 24.2 Å². The van der Waals surface area contributed by atoms with E-state index in [1.807, 2.05) is 39.3 Å². The molecule has 1 aromatic heterocycles. The standard InChI is InChI=1S/C34H60N4O7/c1-8-40-20-22-42-26-34(27-43-23-21-41-9-2)15-13-28(14-16-34)31-29(25-38(35-31)30-12-10-11-19-44-30)24-36(6)17-18-37(7)32(39)45-33(3,4)5/h13,25,30H,8-12,14-24,26-27H2,1-7H3. The van der Waals surface area contributed by atoms with E-state index in [1.165, 1.54) is 11.1 Å². The Morgan fingerprint density at radius 1 is 1.02 bits per heavy atom. The summed E-state index contributed by atoms with van der Waals surface area (Å²) in [5, 5.41) is 5.13. The van der Waals surface area contributed by atoms with E-state index < -0.39 is 5.60 Å². The molecule has 1 aliphatic heterocycles. The highest BCUT2D eigenvalue weighted by atomic mass is 16.6. The highest BCUT2D eigenvalue weighted by molar-refractivity contribution is 5.67. The maximum Gasteiger partial charge on any atom is 0.410 e. The van der Waals surface area contributed by atoms with Gasteiger partial charge in [0.25, 0.3) is 0 Å². The van der Waals surface area contributed by atoms with Gasteiger partial charge in [-0.1, -0.05) is 6.08 Å². The smallest absolute Gasteiger partial charge is 0.410 e. The Morgan fingerprint density at radius 2 is 1.69 bits per heavy atom. The van der Waals surface area contributed by atoms with Crippen LogP contribution in [0.5, 0.6) is 0 Å². The van der Waals surface area contributed by atoms with Crippen molar-refractivity contribution in [2.45, 2.75) is 91.5 Å². The molecule has 0 spiro atoms. The van der Waals surface area contributed by atoms with Crippen LogP contribution in [0.3, 0.4) is 0 Å². The van der Waals surface area contributed by atoms with Gasteiger partial charge in [0.2, 0.25) is 0 Å². The number of rotatable bonds is 19. The minimum Gasteiger partial charge on any atom is -0.444 e. The molecule has 1 saturated heterocycles. The second kappa shape index (κ2) is 19.0. The lowest BCUT2D eigenvalue weighted by Crippen LogP contribution is -2.38. The lowest BCUT2D eigenvalue weighted by molar-refractivity contribution is -0.0490. The van der Waals surface area contributed by atoms with Crippen molar-refractivity contribution in [3.63, 3.8) is 0 Å². The van der Waals surface area contributed by atoms with Crippen molar-refractivity contribution >= 4 is 11.7 Å². The van der Waals surface area contributed by atoms with Crippen molar-refractivity contribution in [2.24, 2.45) is 5.41 Å². The Kier molecular flexibility index (Phi) is 15.8. The second-order valence-corrected chi connectivity index (χ2v) is 13.4. The number of hydrogen-bond acceptors (Lipinski definition) is 9. The fourth-order valence-electron chi connectivity index (χ4n) is 5.58. The molecule has 1 aliphatic carbocycles. The molecule has 0 radical (unpaired) electrons. The van der Waals surface area contributed by atoms with Crippen LogP contribution in [0.15, 0.2) is 12.3 Å². The number of amides is 1. The van der Waals surface area contributed by atoms with Gasteiger partial charge in [0, 0.05) is 63.7 Å². The van der Waals surface area contributed by atoms with Gasteiger partial charge in [-0.25, -0.2) is 9.48 Å². The molecule has 1 unspecified atom stereocenters. The van der Waals surface area contributed by atoms with Crippen LogP contribution < -0.4 is 0 Å². The SMILES string of the molecule is CCOCCOCC1(COCCOCC)CC=C(c2nn(C3CCCCO3)cc2CN(C)CCN(C)C(=O)OC(C)(C)C)CC1. The summed E-state index contributed by atoms with van der Waals surface area (Å²) in [6, 6.07) is 0. The molecule has 45 heavy (non-hydrogen) atoms. The number of carbonyl (C=O) groups is 1. The monoisotopic (exact) mass is 636 g/mol. The highest BCUT2D eigenvalue weighted by Gasteiger charge is 2.34. The Labute approximate surface area is 271 Å². The van der Waals surface area contributed by atoms with E-state index >= 15 is 0 Å². The van der Waals surface area contributed by atoms with Gasteiger partial charge in [-0.05, 0) is 85.8 Å². The molecule has 11 nitrogen and oxygen atoms in total. The van der Waals surface area contributed by atoms with Gasteiger partial charge in [0.1, 0.15) is 11.8 Å². The lowest BCUT2D eigenvalue weighted by atomic mass is 9.75. The Hall–Kier alpha value is -2.02. The molecule has 1 amide bonds. The maximum atomic E-state index is 12.5. The van der Waals surface area contributed by atoms with Crippen LogP contribution in [0.2, 0.25) is 0 Å². The van der Waals surface area contributed by atoms with Crippen LogP contribution >= 0.6 is 0 Å². The molecule has 2 aliphatic rings. The summed E-state index contributed by atoms with van der Waals surface area (Å²) in [7, 11) is 3.87. The van der Waals surface area contributed by atoms with Gasteiger partial charge >= 0.3 is 6.09 Å². The minimum atomic E-state index is -0.515. The van der Waals surface area contributed by atoms with Crippen LogP contribution in [0.25, 0.3) is 5.57 Å². The Bertz CT molecular complexity index is 1020. The number of hydrogen-bond donors (Lipinski definition) is 0. The summed E-state index contributed by atoms with van der Waals surface area (Å²) in [6.07, 6.45) is 10.1. The first-order valence-electron chi connectivity index (χ1n) is 16.9. The van der Waals surface area contributed by atoms with Crippen LogP contribution in [0, 0.1) is 5.41 Å². The molecule has 1 atom stereocenters. The number of aromatic nitrogens is 2. The van der Waals surface area contributed by atoms with Crippen molar-refractivity contribution in [3.8, 4) is 0 Å². The van der Waals surface area contributed by atoms with Crippen LogP contribution in [-0.2, 0) is 35.0 Å². The van der Waals surface area contributed by atoms with E-state index in [9.17, 15) is 4.79 Å². The van der Waals surface area contributed by atoms with Crippen molar-refractivity contribution in [3.05, 3.63) is 23.5 Å². The molecule has 0 N–H and O–H groups in total. The zero-order valence-corrected chi connectivity index (χ0v) is 29.1. The third-order valence-corrected chi connectivity index (χ3v) is 8.20. The van der Waals surface area contributed by atoms with Gasteiger partial charge in [-0.15, -0.1) is 0 Å². The maximum absolute atomic E-state index is 12.5.